The number of carbonyl (C=O) groups excluding carboxylic acids is 2. The number of nitrogens with one attached hydrogen (secondary N) is 1. The van der Waals surface area contributed by atoms with Gasteiger partial charge in [0.15, 0.2) is 5.65 Å². The SMILES string of the molecule is CCOC(=O)c1cnc2c(C(N)=O)c(SC)[nH]n2c1=O. The van der Waals surface area contributed by atoms with Gasteiger partial charge in [0.05, 0.1) is 6.61 Å². The van der Waals surface area contributed by atoms with Crippen molar-refractivity contribution >= 4 is 29.3 Å². The van der Waals surface area contributed by atoms with E-state index in [-0.39, 0.29) is 23.4 Å². The number of aromatic nitrogens is 3. The molecule has 106 valence electrons. The van der Waals surface area contributed by atoms with Gasteiger partial charge in [-0.05, 0) is 13.2 Å². The highest BCUT2D eigenvalue weighted by Crippen LogP contribution is 2.20. The minimum Gasteiger partial charge on any atom is -0.462 e. The van der Waals surface area contributed by atoms with Crippen molar-refractivity contribution in [1.29, 1.82) is 0 Å². The van der Waals surface area contributed by atoms with E-state index in [1.54, 1.807) is 13.2 Å². The summed E-state index contributed by atoms with van der Waals surface area (Å²) < 4.78 is 5.78. The van der Waals surface area contributed by atoms with E-state index in [2.05, 4.69) is 10.1 Å². The number of hydrogen-bond acceptors (Lipinski definition) is 6. The Kier molecular flexibility index (Phi) is 3.79. The summed E-state index contributed by atoms with van der Waals surface area (Å²) in [4.78, 5) is 39.2. The molecule has 1 amide bonds. The molecular formula is C11H12N4O4S. The van der Waals surface area contributed by atoms with Crippen molar-refractivity contribution in [3.63, 3.8) is 0 Å². The number of amides is 1. The Morgan fingerprint density at radius 1 is 1.55 bits per heavy atom. The van der Waals surface area contributed by atoms with Crippen molar-refractivity contribution in [2.45, 2.75) is 11.9 Å². The molecule has 20 heavy (non-hydrogen) atoms. The third kappa shape index (κ3) is 2.16. The Balaban J connectivity index is 2.72. The minimum absolute atomic E-state index is 0.0832. The molecule has 0 spiro atoms. The molecule has 0 bridgehead atoms. The van der Waals surface area contributed by atoms with E-state index in [9.17, 15) is 14.4 Å². The van der Waals surface area contributed by atoms with E-state index in [0.717, 1.165) is 10.7 Å². The van der Waals surface area contributed by atoms with Crippen molar-refractivity contribution < 1.29 is 14.3 Å². The molecule has 3 N–H and O–H groups in total. The average Bonchev–Trinajstić information content (AvgIpc) is 2.78. The Bertz CT molecular complexity index is 749. The van der Waals surface area contributed by atoms with Crippen LogP contribution in [0.5, 0.6) is 0 Å². The fraction of sp³-hybridized carbons (Fsp3) is 0.273. The molecule has 0 aromatic carbocycles. The van der Waals surface area contributed by atoms with Gasteiger partial charge in [-0.3, -0.25) is 14.7 Å². The molecule has 0 atom stereocenters. The van der Waals surface area contributed by atoms with Crippen LogP contribution in [0.25, 0.3) is 5.65 Å². The van der Waals surface area contributed by atoms with Crippen LogP contribution in [0.2, 0.25) is 0 Å². The lowest BCUT2D eigenvalue weighted by Gasteiger charge is -2.01. The van der Waals surface area contributed by atoms with Crippen LogP contribution >= 0.6 is 11.8 Å². The smallest absolute Gasteiger partial charge is 0.345 e. The molecule has 8 nitrogen and oxygen atoms in total. The second-order valence-electron chi connectivity index (χ2n) is 3.74. The number of nitrogens with two attached hydrogens (primary N) is 1. The molecule has 2 aromatic rings. The molecule has 2 rings (SSSR count). The second kappa shape index (κ2) is 5.37. The monoisotopic (exact) mass is 296 g/mol. The highest BCUT2D eigenvalue weighted by molar-refractivity contribution is 7.98. The maximum atomic E-state index is 12.2. The third-order valence-electron chi connectivity index (χ3n) is 2.57. The molecular weight excluding hydrogens is 284 g/mol. The molecule has 0 aliphatic heterocycles. The van der Waals surface area contributed by atoms with E-state index in [4.69, 9.17) is 10.5 Å². The third-order valence-corrected chi connectivity index (χ3v) is 3.27. The van der Waals surface area contributed by atoms with Gasteiger partial charge >= 0.3 is 5.97 Å². The first kappa shape index (κ1) is 14.1. The Hall–Kier alpha value is -2.29. The van der Waals surface area contributed by atoms with Gasteiger partial charge in [0, 0.05) is 6.20 Å². The topological polar surface area (TPSA) is 120 Å². The van der Waals surface area contributed by atoms with Gasteiger partial charge in [-0.1, -0.05) is 0 Å². The van der Waals surface area contributed by atoms with Crippen LogP contribution in [-0.4, -0.2) is 39.3 Å². The Morgan fingerprint density at radius 2 is 2.25 bits per heavy atom. The molecule has 2 heterocycles. The number of nitrogens with zero attached hydrogens (tertiary/aromatic N) is 2. The second-order valence-corrected chi connectivity index (χ2v) is 4.56. The quantitative estimate of drug-likeness (QED) is 0.606. The molecule has 0 aliphatic rings. The fourth-order valence-corrected chi connectivity index (χ4v) is 2.29. The molecule has 0 unspecified atom stereocenters. The van der Waals surface area contributed by atoms with Gasteiger partial charge in [-0.2, -0.15) is 4.52 Å². The number of carbonyl (C=O) groups is 2. The number of hydrogen-bond donors (Lipinski definition) is 2. The predicted octanol–water partition coefficient (Wildman–Crippen LogP) is 0.0201. The van der Waals surface area contributed by atoms with Gasteiger partial charge in [0.2, 0.25) is 0 Å². The summed E-state index contributed by atoms with van der Waals surface area (Å²) in [5.41, 5.74) is 4.62. The van der Waals surface area contributed by atoms with E-state index < -0.39 is 17.4 Å². The number of ether oxygens (including phenoxy) is 1. The van der Waals surface area contributed by atoms with Crippen LogP contribution in [0, 0.1) is 0 Å². The van der Waals surface area contributed by atoms with Crippen LogP contribution in [0.4, 0.5) is 0 Å². The van der Waals surface area contributed by atoms with Crippen molar-refractivity contribution in [3.8, 4) is 0 Å². The summed E-state index contributed by atoms with van der Waals surface area (Å²) in [6.45, 7) is 1.78. The van der Waals surface area contributed by atoms with E-state index in [1.165, 1.54) is 11.8 Å². The summed E-state index contributed by atoms with van der Waals surface area (Å²) in [6, 6.07) is 0. The normalized spacial score (nSPS) is 10.7. The standard InChI is InChI=1S/C11H12N4O4S/c1-3-19-11(18)5-4-13-8-6(7(12)16)9(20-2)14-15(8)10(5)17/h4,14H,3H2,1-2H3,(H2,12,16). The van der Waals surface area contributed by atoms with Gasteiger partial charge in [-0.25, -0.2) is 9.78 Å². The summed E-state index contributed by atoms with van der Waals surface area (Å²) in [7, 11) is 0. The van der Waals surface area contributed by atoms with Gasteiger partial charge in [0.25, 0.3) is 11.5 Å². The number of rotatable bonds is 4. The number of aromatic amines is 1. The van der Waals surface area contributed by atoms with Gasteiger partial charge in [-0.15, -0.1) is 11.8 Å². The first-order valence-corrected chi connectivity index (χ1v) is 6.88. The van der Waals surface area contributed by atoms with Crippen LogP contribution in [0.3, 0.4) is 0 Å². The lowest BCUT2D eigenvalue weighted by atomic mass is 10.3. The number of fused-ring (bicyclic) bond motifs is 1. The molecule has 0 saturated heterocycles. The van der Waals surface area contributed by atoms with Gasteiger partial charge < -0.3 is 10.5 Å². The van der Waals surface area contributed by atoms with Crippen molar-refractivity contribution in [2.75, 3.05) is 12.9 Å². The van der Waals surface area contributed by atoms with Crippen molar-refractivity contribution in [2.24, 2.45) is 5.73 Å². The van der Waals surface area contributed by atoms with Crippen LogP contribution in [0.1, 0.15) is 27.6 Å². The summed E-state index contributed by atoms with van der Waals surface area (Å²) in [5, 5.41) is 3.10. The van der Waals surface area contributed by atoms with E-state index in [0.29, 0.717) is 5.03 Å². The van der Waals surface area contributed by atoms with Crippen molar-refractivity contribution in [1.82, 2.24) is 14.6 Å². The summed E-state index contributed by atoms with van der Waals surface area (Å²) >= 11 is 1.21. The number of H-pyrrole nitrogens is 1. The van der Waals surface area contributed by atoms with Crippen molar-refractivity contribution in [3.05, 3.63) is 27.7 Å². The molecule has 9 heteroatoms. The number of esters is 1. The summed E-state index contributed by atoms with van der Waals surface area (Å²) in [5.74, 6) is -1.47. The lowest BCUT2D eigenvalue weighted by Crippen LogP contribution is -2.25. The molecule has 0 radical (unpaired) electrons. The molecule has 0 aliphatic carbocycles. The molecule has 2 aromatic heterocycles. The Labute approximate surface area is 117 Å². The molecule has 0 saturated carbocycles. The zero-order valence-electron chi connectivity index (χ0n) is 10.8. The fourth-order valence-electron chi connectivity index (χ4n) is 1.71. The van der Waals surface area contributed by atoms with Crippen LogP contribution in [0.15, 0.2) is 16.0 Å². The first-order chi connectivity index (χ1) is 9.51. The lowest BCUT2D eigenvalue weighted by molar-refractivity contribution is 0.0523. The largest absolute Gasteiger partial charge is 0.462 e. The summed E-state index contributed by atoms with van der Waals surface area (Å²) in [6.07, 6.45) is 2.80. The van der Waals surface area contributed by atoms with E-state index >= 15 is 0 Å². The highest BCUT2D eigenvalue weighted by atomic mass is 32.2. The zero-order chi connectivity index (χ0) is 14.9. The average molecular weight is 296 g/mol. The van der Waals surface area contributed by atoms with Crippen LogP contribution < -0.4 is 11.3 Å². The maximum Gasteiger partial charge on any atom is 0.345 e. The molecule has 0 fully saturated rings. The maximum absolute atomic E-state index is 12.2. The van der Waals surface area contributed by atoms with E-state index in [1.807, 2.05) is 0 Å². The zero-order valence-corrected chi connectivity index (χ0v) is 11.6. The highest BCUT2D eigenvalue weighted by Gasteiger charge is 2.21. The predicted molar refractivity (Wildman–Crippen MR) is 72.1 cm³/mol. The van der Waals surface area contributed by atoms with Gasteiger partial charge in [0.1, 0.15) is 16.2 Å². The minimum atomic E-state index is -0.764. The van der Waals surface area contributed by atoms with Crippen LogP contribution in [-0.2, 0) is 4.74 Å². The first-order valence-electron chi connectivity index (χ1n) is 5.65. The number of thioether (sulfide) groups is 1. The number of primary amides is 1. The Morgan fingerprint density at radius 3 is 2.80 bits per heavy atom.